The van der Waals surface area contributed by atoms with Crippen LogP contribution in [0.15, 0.2) is 6.20 Å². The number of hydrogen-bond acceptors (Lipinski definition) is 3. The molecule has 1 unspecified atom stereocenters. The van der Waals surface area contributed by atoms with Crippen LogP contribution in [0.3, 0.4) is 0 Å². The van der Waals surface area contributed by atoms with Gasteiger partial charge < -0.3 is 10.5 Å². The van der Waals surface area contributed by atoms with Gasteiger partial charge in [0.15, 0.2) is 0 Å². The summed E-state index contributed by atoms with van der Waals surface area (Å²) < 4.78 is 5.55. The molecule has 12 heavy (non-hydrogen) atoms. The van der Waals surface area contributed by atoms with Crippen molar-refractivity contribution in [3.63, 3.8) is 0 Å². The van der Waals surface area contributed by atoms with Crippen LogP contribution in [0, 0.1) is 0 Å². The zero-order valence-electron chi connectivity index (χ0n) is 6.92. The van der Waals surface area contributed by atoms with Crippen molar-refractivity contribution in [3.05, 3.63) is 11.9 Å². The summed E-state index contributed by atoms with van der Waals surface area (Å²) in [6.45, 7) is 0.836. The second-order valence-corrected chi connectivity index (χ2v) is 3.09. The largest absolute Gasteiger partial charge is 0.396 e. The first-order valence-electron chi connectivity index (χ1n) is 4.28. The fraction of sp³-hybridized carbons (Fsp3) is 0.625. The van der Waals surface area contributed by atoms with E-state index in [-0.39, 0.29) is 6.10 Å². The number of anilines is 1. The molecule has 0 aromatic carbocycles. The van der Waals surface area contributed by atoms with Gasteiger partial charge in [-0.15, -0.1) is 0 Å². The van der Waals surface area contributed by atoms with Crippen LogP contribution in [0.25, 0.3) is 0 Å². The molecule has 1 aliphatic rings. The van der Waals surface area contributed by atoms with Crippen LogP contribution in [0.1, 0.15) is 31.1 Å². The van der Waals surface area contributed by atoms with E-state index in [1.54, 1.807) is 6.20 Å². The molecule has 1 aliphatic heterocycles. The average Bonchev–Trinajstić information content (AvgIpc) is 2.53. The molecule has 1 aromatic rings. The van der Waals surface area contributed by atoms with Gasteiger partial charge in [0.25, 0.3) is 0 Å². The summed E-state index contributed by atoms with van der Waals surface area (Å²) in [7, 11) is 0. The standard InChI is InChI=1S/C8H13N3O/c9-6-5-10-11-8(6)7-3-1-2-4-12-7/h5,7H,1-4,9H2,(H,10,11). The fourth-order valence-electron chi connectivity index (χ4n) is 1.53. The number of nitrogens with two attached hydrogens (primary N) is 1. The molecule has 0 spiro atoms. The summed E-state index contributed by atoms with van der Waals surface area (Å²) in [5.41, 5.74) is 7.35. The molecular formula is C8H13N3O. The van der Waals surface area contributed by atoms with E-state index in [0.717, 1.165) is 25.1 Å². The van der Waals surface area contributed by atoms with Gasteiger partial charge in [-0.05, 0) is 19.3 Å². The summed E-state index contributed by atoms with van der Waals surface area (Å²) in [5.74, 6) is 0. The number of nitrogen functional groups attached to an aromatic ring is 1. The van der Waals surface area contributed by atoms with E-state index < -0.39 is 0 Å². The Kier molecular flexibility index (Phi) is 1.99. The smallest absolute Gasteiger partial charge is 0.101 e. The normalized spacial score (nSPS) is 24.2. The fourth-order valence-corrected chi connectivity index (χ4v) is 1.53. The SMILES string of the molecule is Nc1cn[nH]c1C1CCCCO1. The Bertz CT molecular complexity index is 253. The number of ether oxygens (including phenoxy) is 1. The van der Waals surface area contributed by atoms with Crippen LogP contribution in [-0.2, 0) is 4.74 Å². The number of aromatic amines is 1. The highest BCUT2D eigenvalue weighted by Gasteiger charge is 2.19. The third-order valence-corrected chi connectivity index (χ3v) is 2.20. The predicted octanol–water partition coefficient (Wildman–Crippen LogP) is 1.23. The Morgan fingerprint density at radius 3 is 3.08 bits per heavy atom. The number of rotatable bonds is 1. The summed E-state index contributed by atoms with van der Waals surface area (Å²) in [6, 6.07) is 0. The first kappa shape index (κ1) is 7.61. The maximum absolute atomic E-state index is 5.70. The highest BCUT2D eigenvalue weighted by molar-refractivity contribution is 5.41. The van der Waals surface area contributed by atoms with E-state index in [0.29, 0.717) is 5.69 Å². The minimum atomic E-state index is 0.140. The monoisotopic (exact) mass is 167 g/mol. The van der Waals surface area contributed by atoms with Crippen molar-refractivity contribution in [1.82, 2.24) is 10.2 Å². The first-order chi connectivity index (χ1) is 5.88. The molecule has 0 bridgehead atoms. The van der Waals surface area contributed by atoms with Crippen molar-refractivity contribution in [1.29, 1.82) is 0 Å². The zero-order valence-corrected chi connectivity index (χ0v) is 6.92. The van der Waals surface area contributed by atoms with Gasteiger partial charge in [-0.3, -0.25) is 5.10 Å². The van der Waals surface area contributed by atoms with Crippen molar-refractivity contribution >= 4 is 5.69 Å². The topological polar surface area (TPSA) is 63.9 Å². The summed E-state index contributed by atoms with van der Waals surface area (Å²) in [6.07, 6.45) is 5.19. The van der Waals surface area contributed by atoms with Crippen molar-refractivity contribution in [2.45, 2.75) is 25.4 Å². The van der Waals surface area contributed by atoms with Gasteiger partial charge >= 0.3 is 0 Å². The molecule has 0 aliphatic carbocycles. The van der Waals surface area contributed by atoms with Gasteiger partial charge in [-0.25, -0.2) is 0 Å². The lowest BCUT2D eigenvalue weighted by Crippen LogP contribution is -2.13. The molecule has 0 radical (unpaired) electrons. The lowest BCUT2D eigenvalue weighted by Gasteiger charge is -2.21. The summed E-state index contributed by atoms with van der Waals surface area (Å²) in [4.78, 5) is 0. The lowest BCUT2D eigenvalue weighted by molar-refractivity contribution is 0.0127. The third-order valence-electron chi connectivity index (χ3n) is 2.20. The number of nitrogens with zero attached hydrogens (tertiary/aromatic N) is 1. The number of nitrogens with one attached hydrogen (secondary N) is 1. The second kappa shape index (κ2) is 3.15. The van der Waals surface area contributed by atoms with Crippen LogP contribution in [0.5, 0.6) is 0 Å². The Labute approximate surface area is 71.1 Å². The average molecular weight is 167 g/mol. The van der Waals surface area contributed by atoms with E-state index >= 15 is 0 Å². The van der Waals surface area contributed by atoms with E-state index in [4.69, 9.17) is 10.5 Å². The Morgan fingerprint density at radius 2 is 2.50 bits per heavy atom. The minimum absolute atomic E-state index is 0.140. The molecule has 1 aromatic heterocycles. The maximum atomic E-state index is 5.70. The van der Waals surface area contributed by atoms with Crippen LogP contribution < -0.4 is 5.73 Å². The molecule has 4 heteroatoms. The molecular weight excluding hydrogens is 154 g/mol. The third kappa shape index (κ3) is 1.30. The molecule has 1 saturated heterocycles. The quantitative estimate of drug-likeness (QED) is 0.661. The van der Waals surface area contributed by atoms with Crippen molar-refractivity contribution in [3.8, 4) is 0 Å². The highest BCUT2D eigenvalue weighted by Crippen LogP contribution is 2.29. The first-order valence-corrected chi connectivity index (χ1v) is 4.28. The molecule has 0 saturated carbocycles. The maximum Gasteiger partial charge on any atom is 0.101 e. The van der Waals surface area contributed by atoms with E-state index in [1.165, 1.54) is 6.42 Å². The molecule has 2 rings (SSSR count). The van der Waals surface area contributed by atoms with Crippen LogP contribution in [0.2, 0.25) is 0 Å². The highest BCUT2D eigenvalue weighted by atomic mass is 16.5. The summed E-state index contributed by atoms with van der Waals surface area (Å²) in [5, 5.41) is 6.74. The zero-order chi connectivity index (χ0) is 8.39. The van der Waals surface area contributed by atoms with Gasteiger partial charge in [0.05, 0.1) is 17.6 Å². The van der Waals surface area contributed by atoms with Crippen molar-refractivity contribution < 1.29 is 4.74 Å². The molecule has 4 nitrogen and oxygen atoms in total. The Balaban J connectivity index is 2.13. The number of aromatic nitrogens is 2. The Morgan fingerprint density at radius 1 is 1.58 bits per heavy atom. The second-order valence-electron chi connectivity index (χ2n) is 3.09. The van der Waals surface area contributed by atoms with Crippen LogP contribution in [0.4, 0.5) is 5.69 Å². The van der Waals surface area contributed by atoms with Gasteiger partial charge in [-0.1, -0.05) is 0 Å². The van der Waals surface area contributed by atoms with E-state index in [2.05, 4.69) is 10.2 Å². The lowest BCUT2D eigenvalue weighted by atomic mass is 10.1. The molecule has 0 amide bonds. The summed E-state index contributed by atoms with van der Waals surface area (Å²) >= 11 is 0. The number of hydrogen-bond donors (Lipinski definition) is 2. The molecule has 1 fully saturated rings. The molecule has 1 atom stereocenters. The van der Waals surface area contributed by atoms with Gasteiger partial charge in [-0.2, -0.15) is 5.10 Å². The van der Waals surface area contributed by atoms with Gasteiger partial charge in [0.1, 0.15) is 6.10 Å². The van der Waals surface area contributed by atoms with Crippen molar-refractivity contribution in [2.24, 2.45) is 0 Å². The van der Waals surface area contributed by atoms with Crippen molar-refractivity contribution in [2.75, 3.05) is 12.3 Å². The van der Waals surface area contributed by atoms with E-state index in [9.17, 15) is 0 Å². The van der Waals surface area contributed by atoms with E-state index in [1.807, 2.05) is 0 Å². The minimum Gasteiger partial charge on any atom is -0.396 e. The molecule has 2 heterocycles. The van der Waals surface area contributed by atoms with Gasteiger partial charge in [0.2, 0.25) is 0 Å². The molecule has 3 N–H and O–H groups in total. The van der Waals surface area contributed by atoms with Crippen LogP contribution >= 0.6 is 0 Å². The predicted molar refractivity (Wildman–Crippen MR) is 45.5 cm³/mol. The van der Waals surface area contributed by atoms with Crippen LogP contribution in [-0.4, -0.2) is 16.8 Å². The Hall–Kier alpha value is -1.03. The molecule has 66 valence electrons. The van der Waals surface area contributed by atoms with Gasteiger partial charge in [0, 0.05) is 6.61 Å². The number of H-pyrrole nitrogens is 1.